The van der Waals surface area contributed by atoms with Gasteiger partial charge in [-0.15, -0.1) is 0 Å². The van der Waals surface area contributed by atoms with Crippen LogP contribution in [0.2, 0.25) is 5.02 Å². The minimum atomic E-state index is -0.527. The first kappa shape index (κ1) is 24.8. The number of carbonyl (C=O) groups excluding carboxylic acids is 2. The van der Waals surface area contributed by atoms with Gasteiger partial charge >= 0.3 is 6.09 Å². The number of fused-ring (bicyclic) bond motifs is 1. The third-order valence-corrected chi connectivity index (χ3v) is 5.50. The van der Waals surface area contributed by atoms with Crippen LogP contribution in [0.3, 0.4) is 0 Å². The Hall–Kier alpha value is -2.81. The number of halogens is 1. The number of alkyl carbamates (subject to hydrolysis) is 1. The van der Waals surface area contributed by atoms with Crippen LogP contribution < -0.4 is 20.7 Å². The first-order valence-corrected chi connectivity index (χ1v) is 11.3. The molecule has 0 spiro atoms. The molecule has 2 aromatic rings. The largest absolute Gasteiger partial charge is 0.493 e. The second-order valence-corrected chi connectivity index (χ2v) is 8.02. The number of hydrogen-bond donors (Lipinski definition) is 3. The maximum atomic E-state index is 13.0. The maximum absolute atomic E-state index is 13.0. The highest BCUT2D eigenvalue weighted by Gasteiger charge is 2.24. The Labute approximate surface area is 198 Å². The van der Waals surface area contributed by atoms with Crippen LogP contribution in [0.15, 0.2) is 36.4 Å². The Morgan fingerprint density at radius 1 is 1.12 bits per heavy atom. The van der Waals surface area contributed by atoms with Crippen LogP contribution in [0, 0.1) is 0 Å². The topological polar surface area (TPSA) is 97.9 Å². The van der Waals surface area contributed by atoms with Gasteiger partial charge in [0.2, 0.25) is 0 Å². The van der Waals surface area contributed by atoms with Gasteiger partial charge in [0.05, 0.1) is 20.3 Å². The van der Waals surface area contributed by atoms with E-state index in [0.717, 1.165) is 29.5 Å². The summed E-state index contributed by atoms with van der Waals surface area (Å²) in [6, 6.07) is 11.2. The lowest BCUT2D eigenvalue weighted by Crippen LogP contribution is -2.31. The van der Waals surface area contributed by atoms with Crippen molar-refractivity contribution in [1.29, 1.82) is 0 Å². The van der Waals surface area contributed by atoms with Crippen LogP contribution in [0.1, 0.15) is 39.6 Å². The van der Waals surface area contributed by atoms with Crippen molar-refractivity contribution < 1.29 is 23.8 Å². The van der Waals surface area contributed by atoms with Gasteiger partial charge in [-0.3, -0.25) is 4.79 Å². The molecule has 0 radical (unpaired) electrons. The van der Waals surface area contributed by atoms with Gasteiger partial charge in [-0.05, 0) is 55.3 Å². The predicted octanol–water partition coefficient (Wildman–Crippen LogP) is 3.08. The lowest BCUT2D eigenvalue weighted by molar-refractivity contribution is 0.0801. The number of rotatable bonds is 10. The van der Waals surface area contributed by atoms with E-state index in [0.29, 0.717) is 36.0 Å². The molecule has 0 saturated heterocycles. The Balaban J connectivity index is 1.93. The van der Waals surface area contributed by atoms with Crippen molar-refractivity contribution in [2.24, 2.45) is 0 Å². The van der Waals surface area contributed by atoms with Crippen molar-refractivity contribution in [2.75, 3.05) is 47.0 Å². The van der Waals surface area contributed by atoms with Crippen LogP contribution in [0.25, 0.3) is 0 Å². The standard InChI is InChI=1S/C24H30ClN3O5/c1-26-8-9-27-23(29)20-14-17(15-21-19(20)7-4-11-32-21)22(16-5-3-6-18(25)13-16)33-12-10-28-24(30)31-2/h3,5-6,13-15,22,26H,4,7-12H2,1-2H3,(H,27,29)(H,28,30). The fourth-order valence-corrected chi connectivity index (χ4v) is 3.89. The number of methoxy groups -OCH3 is 1. The molecule has 2 amide bonds. The molecule has 0 bridgehead atoms. The van der Waals surface area contributed by atoms with Crippen molar-refractivity contribution in [3.8, 4) is 5.75 Å². The maximum Gasteiger partial charge on any atom is 0.406 e. The highest BCUT2D eigenvalue weighted by Crippen LogP contribution is 2.36. The fraction of sp³-hybridized carbons (Fsp3) is 0.417. The van der Waals surface area contributed by atoms with Crippen molar-refractivity contribution >= 4 is 23.6 Å². The summed E-state index contributed by atoms with van der Waals surface area (Å²) in [5.41, 5.74) is 3.10. The van der Waals surface area contributed by atoms with E-state index in [4.69, 9.17) is 21.1 Å². The van der Waals surface area contributed by atoms with Crippen LogP contribution in [0.5, 0.6) is 5.75 Å². The average molecular weight is 476 g/mol. The minimum Gasteiger partial charge on any atom is -0.493 e. The summed E-state index contributed by atoms with van der Waals surface area (Å²) in [5.74, 6) is 0.548. The summed E-state index contributed by atoms with van der Waals surface area (Å²) < 4.78 is 16.7. The number of benzene rings is 2. The van der Waals surface area contributed by atoms with Crippen molar-refractivity contribution in [1.82, 2.24) is 16.0 Å². The van der Waals surface area contributed by atoms with Crippen molar-refractivity contribution in [3.05, 3.63) is 63.7 Å². The highest BCUT2D eigenvalue weighted by molar-refractivity contribution is 6.30. The van der Waals surface area contributed by atoms with Crippen molar-refractivity contribution in [3.63, 3.8) is 0 Å². The number of amides is 2. The van der Waals surface area contributed by atoms with Gasteiger partial charge in [0.15, 0.2) is 0 Å². The Morgan fingerprint density at radius 2 is 1.97 bits per heavy atom. The zero-order valence-electron chi connectivity index (χ0n) is 18.9. The van der Waals surface area contributed by atoms with E-state index < -0.39 is 12.2 Å². The molecule has 0 fully saturated rings. The summed E-state index contributed by atoms with van der Waals surface area (Å²) in [6.45, 7) is 2.29. The first-order valence-electron chi connectivity index (χ1n) is 10.9. The Kier molecular flexibility index (Phi) is 9.35. The lowest BCUT2D eigenvalue weighted by Gasteiger charge is -2.25. The lowest BCUT2D eigenvalue weighted by atomic mass is 9.92. The van der Waals surface area contributed by atoms with E-state index in [9.17, 15) is 9.59 Å². The summed E-state index contributed by atoms with van der Waals surface area (Å²) in [5, 5.41) is 9.16. The van der Waals surface area contributed by atoms with Crippen LogP contribution in [0.4, 0.5) is 4.79 Å². The molecule has 1 unspecified atom stereocenters. The SMILES string of the molecule is CNCCNC(=O)c1cc(C(OCCNC(=O)OC)c2cccc(Cl)c2)cc2c1CCCO2. The summed E-state index contributed by atoms with van der Waals surface area (Å²) in [7, 11) is 3.14. The summed E-state index contributed by atoms with van der Waals surface area (Å²) in [6.07, 6.45) is 0.593. The highest BCUT2D eigenvalue weighted by atomic mass is 35.5. The Morgan fingerprint density at radius 3 is 2.73 bits per heavy atom. The fourth-order valence-electron chi connectivity index (χ4n) is 3.69. The zero-order chi connectivity index (χ0) is 23.6. The van der Waals surface area contributed by atoms with E-state index in [2.05, 4.69) is 20.7 Å². The van der Waals surface area contributed by atoms with Gasteiger partial charge in [-0.2, -0.15) is 0 Å². The molecule has 1 atom stereocenters. The molecule has 0 saturated carbocycles. The van der Waals surface area contributed by atoms with Crippen LogP contribution in [-0.2, 0) is 15.9 Å². The molecule has 178 valence electrons. The zero-order valence-corrected chi connectivity index (χ0v) is 19.7. The predicted molar refractivity (Wildman–Crippen MR) is 126 cm³/mol. The third kappa shape index (κ3) is 6.83. The smallest absolute Gasteiger partial charge is 0.406 e. The van der Waals surface area contributed by atoms with Gasteiger partial charge in [-0.1, -0.05) is 23.7 Å². The molecule has 33 heavy (non-hydrogen) atoms. The molecule has 1 aliphatic heterocycles. The Bertz CT molecular complexity index is 969. The molecule has 0 aromatic heterocycles. The second-order valence-electron chi connectivity index (χ2n) is 7.58. The molecular formula is C24H30ClN3O5. The van der Waals surface area contributed by atoms with Gasteiger partial charge in [0, 0.05) is 35.8 Å². The van der Waals surface area contributed by atoms with Crippen LogP contribution >= 0.6 is 11.6 Å². The van der Waals surface area contributed by atoms with Gasteiger partial charge < -0.3 is 30.2 Å². The number of ether oxygens (including phenoxy) is 3. The molecule has 1 heterocycles. The molecular weight excluding hydrogens is 446 g/mol. The van der Waals surface area contributed by atoms with Gasteiger partial charge in [-0.25, -0.2) is 4.79 Å². The quantitative estimate of drug-likeness (QED) is 0.457. The molecule has 9 heteroatoms. The molecule has 3 N–H and O–H groups in total. The molecule has 0 aliphatic carbocycles. The number of likely N-dealkylation sites (N-methyl/N-ethyl adjacent to an activating group) is 1. The van der Waals surface area contributed by atoms with E-state index >= 15 is 0 Å². The molecule has 1 aliphatic rings. The normalized spacial score (nSPS) is 13.4. The number of nitrogens with one attached hydrogen (secondary N) is 3. The average Bonchev–Trinajstić information content (AvgIpc) is 2.83. The molecule has 8 nitrogen and oxygen atoms in total. The van der Waals surface area contributed by atoms with Crippen LogP contribution in [-0.4, -0.2) is 59.0 Å². The monoisotopic (exact) mass is 475 g/mol. The first-order chi connectivity index (χ1) is 16.0. The van der Waals surface area contributed by atoms with E-state index in [1.807, 2.05) is 37.4 Å². The second kappa shape index (κ2) is 12.4. The van der Waals surface area contributed by atoms with E-state index in [1.165, 1.54) is 7.11 Å². The van der Waals surface area contributed by atoms with E-state index in [1.54, 1.807) is 6.07 Å². The third-order valence-electron chi connectivity index (χ3n) is 5.26. The molecule has 3 rings (SSSR count). The molecule has 2 aromatic carbocycles. The van der Waals surface area contributed by atoms with E-state index in [-0.39, 0.29) is 19.1 Å². The van der Waals surface area contributed by atoms with Gasteiger partial charge in [0.1, 0.15) is 11.9 Å². The number of hydrogen-bond acceptors (Lipinski definition) is 6. The minimum absolute atomic E-state index is 0.147. The summed E-state index contributed by atoms with van der Waals surface area (Å²) in [4.78, 5) is 24.4. The van der Waals surface area contributed by atoms with Gasteiger partial charge in [0.25, 0.3) is 5.91 Å². The summed E-state index contributed by atoms with van der Waals surface area (Å²) >= 11 is 6.24. The van der Waals surface area contributed by atoms with Crippen molar-refractivity contribution in [2.45, 2.75) is 18.9 Å². The number of carbonyl (C=O) groups is 2.